The molecule has 0 amide bonds. The molecule has 1 nitrogen and oxygen atoms in total. The second kappa shape index (κ2) is 7.28. The number of aryl methyl sites for hydroxylation is 1. The van der Waals surface area contributed by atoms with Crippen LogP contribution in [0.15, 0.2) is 53.5 Å². The Morgan fingerprint density at radius 2 is 1.64 bits per heavy atom. The van der Waals surface area contributed by atoms with E-state index in [0.717, 1.165) is 17.7 Å². The normalized spacial score (nSPS) is 12.5. The highest BCUT2D eigenvalue weighted by molar-refractivity contribution is 6.84. The predicted molar refractivity (Wildman–Crippen MR) is 99.9 cm³/mol. The van der Waals surface area contributed by atoms with Crippen molar-refractivity contribution in [3.05, 3.63) is 65.2 Å². The average Bonchev–Trinajstić information content (AvgIpc) is 2.51. The van der Waals surface area contributed by atoms with Crippen molar-refractivity contribution in [3.8, 4) is 11.5 Å². The molecule has 2 aromatic carbocycles. The van der Waals surface area contributed by atoms with Crippen molar-refractivity contribution in [2.45, 2.75) is 32.7 Å². The third-order valence-electron chi connectivity index (χ3n) is 3.29. The third kappa shape index (κ3) is 5.91. The van der Waals surface area contributed by atoms with Crippen LogP contribution >= 0.6 is 0 Å². The van der Waals surface area contributed by atoms with Crippen LogP contribution in [0, 0.1) is 18.4 Å². The van der Waals surface area contributed by atoms with Crippen LogP contribution in [0.4, 0.5) is 18.9 Å². The molecule has 0 aliphatic carbocycles. The Labute approximate surface area is 147 Å². The number of hydrogen-bond donors (Lipinski definition) is 0. The molecule has 0 aliphatic heterocycles. The molecule has 0 fully saturated rings. The maximum atomic E-state index is 13.0. The quantitative estimate of drug-likeness (QED) is 0.353. The maximum absolute atomic E-state index is 13.0. The van der Waals surface area contributed by atoms with Gasteiger partial charge in [0.1, 0.15) is 13.8 Å². The molecule has 0 saturated carbocycles. The van der Waals surface area contributed by atoms with Gasteiger partial charge in [-0.15, -0.1) is 5.54 Å². The van der Waals surface area contributed by atoms with Crippen molar-refractivity contribution in [3.63, 3.8) is 0 Å². The van der Waals surface area contributed by atoms with Crippen LogP contribution in [0.3, 0.4) is 0 Å². The van der Waals surface area contributed by atoms with E-state index in [1.54, 1.807) is 6.07 Å². The van der Waals surface area contributed by atoms with Crippen LogP contribution in [-0.2, 0) is 6.18 Å². The fraction of sp³-hybridized carbons (Fsp3) is 0.250. The molecular formula is C20H20F3NSi. The van der Waals surface area contributed by atoms with E-state index < -0.39 is 19.8 Å². The maximum Gasteiger partial charge on any atom is 0.416 e. The number of halogens is 3. The summed E-state index contributed by atoms with van der Waals surface area (Å²) in [7, 11) is -1.69. The van der Waals surface area contributed by atoms with Gasteiger partial charge >= 0.3 is 6.18 Å². The van der Waals surface area contributed by atoms with Gasteiger partial charge in [0, 0.05) is 5.56 Å². The Kier molecular flexibility index (Phi) is 5.54. The number of aliphatic imine (C=N–C) groups is 1. The molecule has 0 saturated heterocycles. The fourth-order valence-electron chi connectivity index (χ4n) is 2.00. The van der Waals surface area contributed by atoms with Crippen molar-refractivity contribution in [2.75, 3.05) is 0 Å². The van der Waals surface area contributed by atoms with Gasteiger partial charge in [-0.3, -0.25) is 0 Å². The topological polar surface area (TPSA) is 12.4 Å². The molecule has 0 aliphatic rings. The molecule has 0 radical (unpaired) electrons. The van der Waals surface area contributed by atoms with Crippen LogP contribution < -0.4 is 0 Å². The van der Waals surface area contributed by atoms with Gasteiger partial charge in [0.15, 0.2) is 0 Å². The molecule has 2 aromatic rings. The highest BCUT2D eigenvalue weighted by atomic mass is 28.3. The number of benzene rings is 2. The second-order valence-electron chi connectivity index (χ2n) is 6.87. The van der Waals surface area contributed by atoms with E-state index in [1.807, 2.05) is 31.2 Å². The zero-order chi connectivity index (χ0) is 18.7. The highest BCUT2D eigenvalue weighted by Crippen LogP contribution is 2.30. The molecule has 130 valence electrons. The van der Waals surface area contributed by atoms with Gasteiger partial charge in [-0.1, -0.05) is 55.4 Å². The van der Waals surface area contributed by atoms with E-state index in [1.165, 1.54) is 6.07 Å². The Hall–Kier alpha value is -2.32. The zero-order valence-electron chi connectivity index (χ0n) is 14.7. The number of alkyl halides is 3. The van der Waals surface area contributed by atoms with Gasteiger partial charge in [-0.25, -0.2) is 4.99 Å². The van der Waals surface area contributed by atoms with Crippen molar-refractivity contribution >= 4 is 19.5 Å². The SMILES string of the molecule is Cc1ccc(N=C(C#C[Si](C)(C)C)c2cccc(C(F)(F)F)c2)cc1. The summed E-state index contributed by atoms with van der Waals surface area (Å²) in [5, 5.41) is 0. The molecular weight excluding hydrogens is 339 g/mol. The average molecular weight is 359 g/mol. The van der Waals surface area contributed by atoms with Crippen molar-refractivity contribution in [1.29, 1.82) is 0 Å². The van der Waals surface area contributed by atoms with Gasteiger partial charge in [-0.2, -0.15) is 13.2 Å². The van der Waals surface area contributed by atoms with E-state index in [0.29, 0.717) is 17.0 Å². The molecule has 0 N–H and O–H groups in total. The summed E-state index contributed by atoms with van der Waals surface area (Å²) in [5.41, 5.74) is 4.98. The van der Waals surface area contributed by atoms with E-state index >= 15 is 0 Å². The highest BCUT2D eigenvalue weighted by Gasteiger charge is 2.30. The van der Waals surface area contributed by atoms with Crippen LogP contribution in [-0.4, -0.2) is 13.8 Å². The van der Waals surface area contributed by atoms with Crippen molar-refractivity contribution < 1.29 is 13.2 Å². The summed E-state index contributed by atoms with van der Waals surface area (Å²) >= 11 is 0. The standard InChI is InChI=1S/C20H20F3NSi/c1-15-8-10-18(11-9-15)24-19(12-13-25(2,3)4)16-6-5-7-17(14-16)20(21,22)23/h5-11,14H,1-4H3. The third-order valence-corrected chi connectivity index (χ3v) is 4.17. The molecule has 0 atom stereocenters. The fourth-order valence-corrected chi connectivity index (χ4v) is 2.50. The summed E-state index contributed by atoms with van der Waals surface area (Å²) < 4.78 is 39.0. The molecule has 25 heavy (non-hydrogen) atoms. The Balaban J connectivity index is 2.55. The summed E-state index contributed by atoms with van der Waals surface area (Å²) in [4.78, 5) is 4.49. The second-order valence-corrected chi connectivity index (χ2v) is 11.6. The summed E-state index contributed by atoms with van der Waals surface area (Å²) in [6.07, 6.45) is -4.39. The van der Waals surface area contributed by atoms with Gasteiger partial charge in [0.2, 0.25) is 0 Å². The molecule has 0 aromatic heterocycles. The largest absolute Gasteiger partial charge is 0.416 e. The summed E-state index contributed by atoms with van der Waals surface area (Å²) in [6.45, 7) is 8.20. The number of hydrogen-bond acceptors (Lipinski definition) is 1. The molecule has 0 unspecified atom stereocenters. The monoisotopic (exact) mass is 359 g/mol. The van der Waals surface area contributed by atoms with Crippen molar-refractivity contribution in [2.24, 2.45) is 4.99 Å². The summed E-state index contributed by atoms with van der Waals surface area (Å²) in [6, 6.07) is 12.6. The van der Waals surface area contributed by atoms with E-state index in [4.69, 9.17) is 0 Å². The van der Waals surface area contributed by atoms with E-state index in [-0.39, 0.29) is 0 Å². The first-order valence-electron chi connectivity index (χ1n) is 7.91. The summed E-state index contributed by atoms with van der Waals surface area (Å²) in [5.74, 6) is 3.01. The Bertz CT molecular complexity index is 832. The van der Waals surface area contributed by atoms with Gasteiger partial charge in [-0.05, 0) is 31.2 Å². The number of nitrogens with zero attached hydrogens (tertiary/aromatic N) is 1. The Morgan fingerprint density at radius 3 is 2.20 bits per heavy atom. The van der Waals surface area contributed by atoms with Gasteiger partial charge < -0.3 is 0 Å². The first kappa shape index (κ1) is 19.0. The lowest BCUT2D eigenvalue weighted by Crippen LogP contribution is -2.17. The number of rotatable bonds is 2. The zero-order valence-corrected chi connectivity index (χ0v) is 15.7. The lowest BCUT2D eigenvalue weighted by Gasteiger charge is -2.09. The van der Waals surface area contributed by atoms with Crippen LogP contribution in [0.25, 0.3) is 0 Å². The first-order valence-corrected chi connectivity index (χ1v) is 11.4. The lowest BCUT2D eigenvalue weighted by molar-refractivity contribution is -0.137. The molecule has 2 rings (SSSR count). The van der Waals surface area contributed by atoms with E-state index in [9.17, 15) is 13.2 Å². The Morgan fingerprint density at radius 1 is 1.00 bits per heavy atom. The minimum Gasteiger partial charge on any atom is -0.239 e. The van der Waals surface area contributed by atoms with Crippen LogP contribution in [0.2, 0.25) is 19.6 Å². The van der Waals surface area contributed by atoms with Crippen LogP contribution in [0.1, 0.15) is 16.7 Å². The predicted octanol–water partition coefficient (Wildman–Crippen LogP) is 6.02. The molecule has 5 heteroatoms. The van der Waals surface area contributed by atoms with Gasteiger partial charge in [0.25, 0.3) is 0 Å². The molecule has 0 spiro atoms. The van der Waals surface area contributed by atoms with Gasteiger partial charge in [0.05, 0.1) is 11.3 Å². The molecule has 0 bridgehead atoms. The molecule has 0 heterocycles. The first-order chi connectivity index (χ1) is 11.5. The smallest absolute Gasteiger partial charge is 0.239 e. The van der Waals surface area contributed by atoms with Crippen LogP contribution in [0.5, 0.6) is 0 Å². The minimum atomic E-state index is -4.39. The van der Waals surface area contributed by atoms with Crippen molar-refractivity contribution in [1.82, 2.24) is 0 Å². The minimum absolute atomic E-state index is 0.359. The lowest BCUT2D eigenvalue weighted by atomic mass is 10.1. The van der Waals surface area contributed by atoms with E-state index in [2.05, 4.69) is 36.1 Å².